The summed E-state index contributed by atoms with van der Waals surface area (Å²) >= 11 is 0. The van der Waals surface area contributed by atoms with Crippen LogP contribution in [-0.4, -0.2) is 77.9 Å². The van der Waals surface area contributed by atoms with Crippen molar-refractivity contribution in [1.29, 1.82) is 0 Å². The molecule has 10 nitrogen and oxygen atoms in total. The first-order valence-electron chi connectivity index (χ1n) is 19.0. The van der Waals surface area contributed by atoms with Crippen LogP contribution in [0.25, 0.3) is 32.3 Å². The van der Waals surface area contributed by atoms with Crippen molar-refractivity contribution >= 4 is 32.3 Å². The molecule has 10 atom stereocenters. The molecule has 6 aromatic rings. The molecule has 1 aliphatic heterocycles. The van der Waals surface area contributed by atoms with Crippen LogP contribution in [0.1, 0.15) is 23.1 Å². The molecule has 10 heteroatoms. The molecule has 1 heterocycles. The topological polar surface area (TPSA) is 165 Å². The number of hydrogen-bond donors (Lipinski definition) is 5. The fraction of sp³-hybridized carbons (Fsp3) is 0.333. The van der Waals surface area contributed by atoms with Crippen molar-refractivity contribution in [3.63, 3.8) is 0 Å². The van der Waals surface area contributed by atoms with E-state index in [-0.39, 0.29) is 26.4 Å². The Bertz CT molecular complexity index is 2200. The minimum absolute atomic E-state index is 0.225. The quantitative estimate of drug-likeness (QED) is 0.115. The Kier molecular flexibility index (Phi) is 11.5. The maximum atomic E-state index is 11.8. The molecule has 2 fully saturated rings. The van der Waals surface area contributed by atoms with Crippen LogP contribution in [0.3, 0.4) is 0 Å². The fourth-order valence-corrected chi connectivity index (χ4v) is 8.25. The highest BCUT2D eigenvalue weighted by Crippen LogP contribution is 2.33. The molecule has 1 saturated heterocycles. The SMILES string of the molecule is N[C@H]1[C@@H](O[C@H]2[C@H](O)[C@@H](OCc3cccc4ccccc34)[C@H](N)C[C@@H]2N)O[C@H](CO)[C@@H](OCc2cccc3ccccc23)[C@@H]1OCc1cccc2ccccc12. The molecular weight excluding hydrogens is 695 g/mol. The Morgan fingerprint density at radius 3 is 1.44 bits per heavy atom. The summed E-state index contributed by atoms with van der Waals surface area (Å²) in [5.41, 5.74) is 23.1. The minimum Gasteiger partial charge on any atom is -0.394 e. The number of aliphatic hydroxyl groups excluding tert-OH is 2. The van der Waals surface area contributed by atoms with E-state index in [0.29, 0.717) is 6.42 Å². The molecule has 1 aliphatic carbocycles. The van der Waals surface area contributed by atoms with Crippen molar-refractivity contribution in [2.24, 2.45) is 17.2 Å². The van der Waals surface area contributed by atoms with Gasteiger partial charge in [-0.15, -0.1) is 0 Å². The van der Waals surface area contributed by atoms with E-state index in [1.165, 1.54) is 0 Å². The molecule has 0 bridgehead atoms. The molecule has 286 valence electrons. The second-order valence-corrected chi connectivity index (χ2v) is 14.7. The summed E-state index contributed by atoms with van der Waals surface area (Å²) in [6, 6.07) is 40.4. The normalized spacial score (nSPS) is 28.5. The van der Waals surface area contributed by atoms with Gasteiger partial charge in [-0.3, -0.25) is 0 Å². The molecule has 0 aromatic heterocycles. The molecule has 2 aliphatic rings. The number of fused-ring (bicyclic) bond motifs is 3. The summed E-state index contributed by atoms with van der Waals surface area (Å²) in [5.74, 6) is 0. The summed E-state index contributed by atoms with van der Waals surface area (Å²) in [6.45, 7) is 0.313. The lowest BCUT2D eigenvalue weighted by Gasteiger charge is -2.48. The van der Waals surface area contributed by atoms with Crippen LogP contribution in [0, 0.1) is 0 Å². The van der Waals surface area contributed by atoms with Crippen LogP contribution >= 0.6 is 0 Å². The Labute approximate surface area is 320 Å². The van der Waals surface area contributed by atoms with Gasteiger partial charge in [-0.2, -0.15) is 0 Å². The maximum Gasteiger partial charge on any atom is 0.176 e. The molecule has 0 amide bonds. The first-order valence-corrected chi connectivity index (χ1v) is 19.0. The lowest BCUT2D eigenvalue weighted by molar-refractivity contribution is -0.307. The lowest BCUT2D eigenvalue weighted by Crippen LogP contribution is -2.68. The second-order valence-electron chi connectivity index (χ2n) is 14.7. The average Bonchev–Trinajstić information content (AvgIpc) is 3.21. The third-order valence-corrected chi connectivity index (χ3v) is 11.2. The van der Waals surface area contributed by atoms with Crippen molar-refractivity contribution in [2.75, 3.05) is 6.61 Å². The Balaban J connectivity index is 1.03. The van der Waals surface area contributed by atoms with Crippen LogP contribution in [0.15, 0.2) is 127 Å². The standard InChI is InChI=1S/C45H49N3O7/c46-36-22-37(47)42(40(50)41(36)51-24-30-16-7-13-27-10-1-4-19-33(27)30)55-45-39(48)44(53-26-32-18-9-15-29-12-3-6-21-35(29)32)43(38(23-49)54-45)52-25-31-17-8-14-28-11-2-5-20-34(28)31/h1-21,36-45,49-50H,22-26,46-48H2/t36-,37+,38-,39-,40-,41+,42-,43-,44-,45-/m1/s1. The first-order chi connectivity index (χ1) is 26.9. The summed E-state index contributed by atoms with van der Waals surface area (Å²) in [5, 5.41) is 29.0. The zero-order valence-electron chi connectivity index (χ0n) is 30.6. The van der Waals surface area contributed by atoms with Gasteiger partial charge >= 0.3 is 0 Å². The molecule has 0 radical (unpaired) electrons. The van der Waals surface area contributed by atoms with Gasteiger partial charge in [0.05, 0.1) is 32.5 Å². The first kappa shape index (κ1) is 37.6. The van der Waals surface area contributed by atoms with Crippen molar-refractivity contribution in [1.82, 2.24) is 0 Å². The summed E-state index contributed by atoms with van der Waals surface area (Å²) < 4.78 is 32.5. The van der Waals surface area contributed by atoms with Gasteiger partial charge in [-0.05, 0) is 55.4 Å². The van der Waals surface area contributed by atoms with Gasteiger partial charge in [-0.25, -0.2) is 0 Å². The molecule has 0 spiro atoms. The number of benzene rings is 6. The van der Waals surface area contributed by atoms with Crippen LogP contribution in [0.4, 0.5) is 0 Å². The van der Waals surface area contributed by atoms with E-state index in [0.717, 1.165) is 49.0 Å². The van der Waals surface area contributed by atoms with Crippen LogP contribution in [0.5, 0.6) is 0 Å². The average molecular weight is 744 g/mol. The highest BCUT2D eigenvalue weighted by molar-refractivity contribution is 5.87. The largest absolute Gasteiger partial charge is 0.394 e. The zero-order valence-corrected chi connectivity index (χ0v) is 30.6. The molecule has 1 saturated carbocycles. The van der Waals surface area contributed by atoms with E-state index in [1.54, 1.807) is 0 Å². The van der Waals surface area contributed by atoms with E-state index in [4.69, 9.17) is 40.9 Å². The lowest BCUT2D eigenvalue weighted by atomic mass is 9.84. The van der Waals surface area contributed by atoms with Crippen LogP contribution in [0.2, 0.25) is 0 Å². The van der Waals surface area contributed by atoms with Gasteiger partial charge in [0.25, 0.3) is 0 Å². The third-order valence-electron chi connectivity index (χ3n) is 11.2. The summed E-state index contributed by atoms with van der Waals surface area (Å²) in [7, 11) is 0. The molecule has 6 aromatic carbocycles. The molecule has 0 unspecified atom stereocenters. The molecule has 8 N–H and O–H groups in total. The fourth-order valence-electron chi connectivity index (χ4n) is 8.25. The number of rotatable bonds is 12. The van der Waals surface area contributed by atoms with Gasteiger partial charge in [-0.1, -0.05) is 127 Å². The monoisotopic (exact) mass is 743 g/mol. The Morgan fingerprint density at radius 1 is 0.527 bits per heavy atom. The van der Waals surface area contributed by atoms with Crippen molar-refractivity contribution in [2.45, 2.75) is 87.3 Å². The van der Waals surface area contributed by atoms with E-state index < -0.39 is 61.0 Å². The van der Waals surface area contributed by atoms with E-state index >= 15 is 0 Å². The van der Waals surface area contributed by atoms with Gasteiger partial charge in [0.2, 0.25) is 0 Å². The van der Waals surface area contributed by atoms with E-state index in [1.807, 2.05) is 91.0 Å². The third kappa shape index (κ3) is 7.89. The number of nitrogens with two attached hydrogens (primary N) is 3. The highest BCUT2D eigenvalue weighted by Gasteiger charge is 2.50. The van der Waals surface area contributed by atoms with Crippen molar-refractivity contribution in [3.8, 4) is 0 Å². The van der Waals surface area contributed by atoms with E-state index in [9.17, 15) is 10.2 Å². The molecular formula is C45H49N3O7. The smallest absolute Gasteiger partial charge is 0.176 e. The van der Waals surface area contributed by atoms with Gasteiger partial charge in [0.15, 0.2) is 6.29 Å². The minimum atomic E-state index is -1.19. The predicted octanol–water partition coefficient (Wildman–Crippen LogP) is 5.05. The van der Waals surface area contributed by atoms with E-state index in [2.05, 4.69) is 36.4 Å². The highest BCUT2D eigenvalue weighted by atomic mass is 16.7. The summed E-state index contributed by atoms with van der Waals surface area (Å²) in [4.78, 5) is 0. The number of ether oxygens (including phenoxy) is 5. The van der Waals surface area contributed by atoms with Crippen molar-refractivity contribution < 1.29 is 33.9 Å². The number of hydrogen-bond acceptors (Lipinski definition) is 10. The Hall–Kier alpha value is -4.30. The molecule has 8 rings (SSSR count). The van der Waals surface area contributed by atoms with Gasteiger partial charge in [0, 0.05) is 12.1 Å². The summed E-state index contributed by atoms with van der Waals surface area (Å²) in [6.07, 6.45) is -6.06. The Morgan fingerprint density at radius 2 is 0.945 bits per heavy atom. The molecule has 55 heavy (non-hydrogen) atoms. The van der Waals surface area contributed by atoms with Crippen LogP contribution in [-0.2, 0) is 43.5 Å². The number of aliphatic hydroxyl groups is 2. The zero-order chi connectivity index (χ0) is 37.9. The van der Waals surface area contributed by atoms with Crippen molar-refractivity contribution in [3.05, 3.63) is 144 Å². The van der Waals surface area contributed by atoms with Gasteiger partial charge < -0.3 is 51.1 Å². The van der Waals surface area contributed by atoms with Crippen LogP contribution < -0.4 is 17.2 Å². The second kappa shape index (κ2) is 16.8. The predicted molar refractivity (Wildman–Crippen MR) is 213 cm³/mol. The maximum absolute atomic E-state index is 11.8. The van der Waals surface area contributed by atoms with Gasteiger partial charge in [0.1, 0.15) is 36.6 Å².